The Morgan fingerprint density at radius 2 is 1.85 bits per heavy atom. The van der Waals surface area contributed by atoms with Gasteiger partial charge in [0.25, 0.3) is 0 Å². The number of methoxy groups -OCH3 is 1. The number of hydrogen-bond donors (Lipinski definition) is 0. The van der Waals surface area contributed by atoms with Crippen molar-refractivity contribution >= 4 is 17.5 Å². The Balaban J connectivity index is 2.06. The molecule has 2 aliphatic carbocycles. The summed E-state index contributed by atoms with van der Waals surface area (Å²) in [5, 5.41) is 0. The number of Topliss-reactive ketones (excluding diaryl/α,β-unsaturated/α-hetero) is 2. The number of fused-ring (bicyclic) bond motifs is 6. The van der Waals surface area contributed by atoms with E-state index in [2.05, 4.69) is 0 Å². The van der Waals surface area contributed by atoms with Crippen LogP contribution in [-0.4, -0.2) is 30.2 Å². The summed E-state index contributed by atoms with van der Waals surface area (Å²) < 4.78 is 11.3. The molecule has 1 saturated carbocycles. The van der Waals surface area contributed by atoms with Gasteiger partial charge in [-0.3, -0.25) is 14.4 Å². The zero-order valence-electron chi connectivity index (χ0n) is 16.5. The summed E-state index contributed by atoms with van der Waals surface area (Å²) in [5.41, 5.74) is 0.597. The van der Waals surface area contributed by atoms with Gasteiger partial charge in [-0.2, -0.15) is 0 Å². The molecule has 4 bridgehead atoms. The van der Waals surface area contributed by atoms with Crippen molar-refractivity contribution in [3.63, 3.8) is 0 Å². The van der Waals surface area contributed by atoms with Crippen LogP contribution in [0.5, 0.6) is 0 Å². The fraction of sp³-hybridized carbons (Fsp3) is 0.762. The molecule has 4 rings (SSSR count). The van der Waals surface area contributed by atoms with E-state index in [1.165, 1.54) is 7.11 Å². The van der Waals surface area contributed by atoms with E-state index in [0.29, 0.717) is 6.42 Å². The first-order valence-electron chi connectivity index (χ1n) is 9.69. The fourth-order valence-corrected chi connectivity index (χ4v) is 5.20. The van der Waals surface area contributed by atoms with Crippen LogP contribution in [0.1, 0.15) is 59.8 Å². The first-order valence-corrected chi connectivity index (χ1v) is 9.69. The quantitative estimate of drug-likeness (QED) is 0.704. The summed E-state index contributed by atoms with van der Waals surface area (Å²) >= 11 is 0. The van der Waals surface area contributed by atoms with Crippen LogP contribution in [0.2, 0.25) is 0 Å². The largest absolute Gasteiger partial charge is 0.491 e. The van der Waals surface area contributed by atoms with E-state index in [9.17, 15) is 14.4 Å². The minimum Gasteiger partial charge on any atom is -0.491 e. The van der Waals surface area contributed by atoms with Crippen LogP contribution in [-0.2, 0) is 23.9 Å². The Hall–Kier alpha value is -1.65. The highest BCUT2D eigenvalue weighted by molar-refractivity contribution is 5.92. The number of ether oxygens (including phenoxy) is 2. The van der Waals surface area contributed by atoms with Crippen molar-refractivity contribution in [2.75, 3.05) is 7.11 Å². The Morgan fingerprint density at radius 1 is 1.19 bits per heavy atom. The summed E-state index contributed by atoms with van der Waals surface area (Å²) in [4.78, 5) is 38.4. The Bertz CT molecular complexity index is 661. The number of allylic oxidation sites excluding steroid dienone is 2. The predicted octanol–water partition coefficient (Wildman–Crippen LogP) is 3.46. The third kappa shape index (κ3) is 3.10. The van der Waals surface area contributed by atoms with Crippen molar-refractivity contribution in [1.82, 2.24) is 0 Å². The fourth-order valence-electron chi connectivity index (χ4n) is 5.20. The van der Waals surface area contributed by atoms with Gasteiger partial charge in [0.05, 0.1) is 24.7 Å². The lowest BCUT2D eigenvalue weighted by Gasteiger charge is -2.40. The third-order valence-electron chi connectivity index (χ3n) is 6.76. The highest BCUT2D eigenvalue weighted by Gasteiger charge is 2.55. The van der Waals surface area contributed by atoms with E-state index in [1.807, 2.05) is 27.7 Å². The minimum atomic E-state index is -0.688. The molecular weight excluding hydrogens is 332 g/mol. The van der Waals surface area contributed by atoms with E-state index in [1.54, 1.807) is 0 Å². The predicted molar refractivity (Wildman–Crippen MR) is 96.1 cm³/mol. The summed E-state index contributed by atoms with van der Waals surface area (Å²) in [6, 6.07) is 0. The highest BCUT2D eigenvalue weighted by atomic mass is 16.5. The van der Waals surface area contributed by atoms with Gasteiger partial charge in [0, 0.05) is 25.2 Å². The molecule has 26 heavy (non-hydrogen) atoms. The zero-order chi connectivity index (χ0) is 19.2. The van der Waals surface area contributed by atoms with Gasteiger partial charge in [-0.05, 0) is 44.1 Å². The standard InChI is InChI=1S/C21H30O5/c1-11(2)15-10-18-12(3)14-6-7-21(4,26-18)19(14)17(23)9-13(8-16(15)22)20(24)25-5/h11,13-15,19H,6-10H2,1-5H3/t13-,14+,15-,19+,21+/m0/s1. The molecule has 0 aromatic carbocycles. The molecule has 4 aliphatic rings. The number of carbonyl (C=O) groups is 3. The molecule has 144 valence electrons. The van der Waals surface area contributed by atoms with E-state index < -0.39 is 17.5 Å². The lowest BCUT2D eigenvalue weighted by molar-refractivity contribution is -0.150. The molecule has 5 nitrogen and oxygen atoms in total. The lowest BCUT2D eigenvalue weighted by Crippen LogP contribution is -2.44. The molecule has 0 spiro atoms. The summed E-state index contributed by atoms with van der Waals surface area (Å²) in [5.74, 6) is -0.345. The van der Waals surface area contributed by atoms with E-state index in [0.717, 1.165) is 24.2 Å². The molecule has 0 aromatic rings. The summed E-state index contributed by atoms with van der Waals surface area (Å²) in [7, 11) is 1.32. The van der Waals surface area contributed by atoms with Crippen molar-refractivity contribution in [3.05, 3.63) is 11.3 Å². The maximum atomic E-state index is 13.1. The SMILES string of the molecule is COC(=O)[C@H]1CC(=O)[C@H](C(C)C)CC2=C(C)[C@H]3CC[C@@](C)(O2)[C@H]3C(=O)C1. The van der Waals surface area contributed by atoms with Gasteiger partial charge >= 0.3 is 5.97 Å². The van der Waals surface area contributed by atoms with Crippen LogP contribution in [0, 0.1) is 29.6 Å². The number of carbonyl (C=O) groups excluding carboxylic acids is 3. The van der Waals surface area contributed by atoms with Crippen molar-refractivity contribution in [2.24, 2.45) is 29.6 Å². The molecule has 0 amide bonds. The molecule has 2 heterocycles. The van der Waals surface area contributed by atoms with Crippen LogP contribution >= 0.6 is 0 Å². The third-order valence-corrected chi connectivity index (χ3v) is 6.76. The summed E-state index contributed by atoms with van der Waals surface area (Å²) in [6.45, 7) is 8.11. The summed E-state index contributed by atoms with van der Waals surface area (Å²) in [6.07, 6.45) is 2.44. The average Bonchev–Trinajstić information content (AvgIpc) is 2.85. The van der Waals surface area contributed by atoms with Crippen LogP contribution in [0.15, 0.2) is 11.3 Å². The van der Waals surface area contributed by atoms with Gasteiger partial charge in [-0.1, -0.05) is 13.8 Å². The molecule has 5 heteroatoms. The van der Waals surface area contributed by atoms with Crippen LogP contribution < -0.4 is 0 Å². The van der Waals surface area contributed by atoms with Gasteiger partial charge in [-0.25, -0.2) is 0 Å². The Morgan fingerprint density at radius 3 is 2.46 bits per heavy atom. The minimum absolute atomic E-state index is 0.0231. The van der Waals surface area contributed by atoms with Crippen molar-refractivity contribution < 1.29 is 23.9 Å². The first kappa shape index (κ1) is 19.1. The van der Waals surface area contributed by atoms with Crippen molar-refractivity contribution in [2.45, 2.75) is 65.4 Å². The number of esters is 1. The van der Waals surface area contributed by atoms with Crippen LogP contribution in [0.3, 0.4) is 0 Å². The normalized spacial score (nSPS) is 37.6. The second kappa shape index (κ2) is 6.82. The molecule has 5 atom stereocenters. The van der Waals surface area contributed by atoms with Gasteiger partial charge < -0.3 is 9.47 Å². The maximum Gasteiger partial charge on any atom is 0.309 e. The number of ketones is 2. The van der Waals surface area contributed by atoms with Gasteiger partial charge in [0.2, 0.25) is 0 Å². The van der Waals surface area contributed by atoms with Crippen LogP contribution in [0.25, 0.3) is 0 Å². The maximum absolute atomic E-state index is 13.1. The van der Waals surface area contributed by atoms with Crippen molar-refractivity contribution in [1.29, 1.82) is 0 Å². The number of hydrogen-bond acceptors (Lipinski definition) is 5. The zero-order valence-corrected chi connectivity index (χ0v) is 16.5. The molecule has 2 aliphatic heterocycles. The highest BCUT2D eigenvalue weighted by Crippen LogP contribution is 2.54. The van der Waals surface area contributed by atoms with Crippen molar-refractivity contribution in [3.8, 4) is 0 Å². The van der Waals surface area contributed by atoms with E-state index >= 15 is 0 Å². The second-order valence-electron chi connectivity index (χ2n) is 8.76. The first-order chi connectivity index (χ1) is 12.2. The average molecular weight is 362 g/mol. The Kier molecular flexibility index (Phi) is 5.02. The number of rotatable bonds is 2. The molecule has 0 aromatic heterocycles. The van der Waals surface area contributed by atoms with E-state index in [-0.39, 0.29) is 48.1 Å². The van der Waals surface area contributed by atoms with Gasteiger partial charge in [0.15, 0.2) is 0 Å². The van der Waals surface area contributed by atoms with E-state index in [4.69, 9.17) is 9.47 Å². The monoisotopic (exact) mass is 362 g/mol. The topological polar surface area (TPSA) is 69.7 Å². The van der Waals surface area contributed by atoms with Crippen LogP contribution in [0.4, 0.5) is 0 Å². The molecule has 0 N–H and O–H groups in total. The molecule has 2 fully saturated rings. The molecule has 1 saturated heterocycles. The smallest absolute Gasteiger partial charge is 0.309 e. The van der Waals surface area contributed by atoms with Gasteiger partial charge in [0.1, 0.15) is 17.2 Å². The molecular formula is C21H30O5. The molecule has 0 unspecified atom stereocenters. The Labute approximate surface area is 155 Å². The van der Waals surface area contributed by atoms with Gasteiger partial charge in [-0.15, -0.1) is 0 Å². The second-order valence-corrected chi connectivity index (χ2v) is 8.76. The lowest BCUT2D eigenvalue weighted by atomic mass is 9.75. The molecule has 0 radical (unpaired) electrons.